The first-order valence-electron chi connectivity index (χ1n) is 7.25. The number of aliphatic hydroxyl groups excluding tert-OH is 1. The van der Waals surface area contributed by atoms with Crippen molar-refractivity contribution in [2.45, 2.75) is 45.4 Å². The van der Waals surface area contributed by atoms with E-state index in [2.05, 4.69) is 4.98 Å². The standard InChI is InChI=1S/C15H21BN2O3/c1-14(2)15(3,4)21-16(20-14)11-5-6-12-13(9-11)18(7-8-19)10-17-12/h5-6,9-10,19H,7-8H2,1-4H3. The van der Waals surface area contributed by atoms with Crippen molar-refractivity contribution in [1.29, 1.82) is 0 Å². The number of rotatable bonds is 3. The van der Waals surface area contributed by atoms with Gasteiger partial charge >= 0.3 is 7.12 Å². The molecule has 1 fully saturated rings. The summed E-state index contributed by atoms with van der Waals surface area (Å²) < 4.78 is 14.1. The third-order valence-corrected chi connectivity index (χ3v) is 4.51. The van der Waals surface area contributed by atoms with Gasteiger partial charge in [0.1, 0.15) is 0 Å². The quantitative estimate of drug-likeness (QED) is 0.866. The Balaban J connectivity index is 1.97. The van der Waals surface area contributed by atoms with Gasteiger partial charge in [0.05, 0.1) is 35.2 Å². The van der Waals surface area contributed by atoms with Gasteiger partial charge in [0.2, 0.25) is 0 Å². The van der Waals surface area contributed by atoms with Gasteiger partial charge in [-0.1, -0.05) is 6.07 Å². The molecule has 2 heterocycles. The lowest BCUT2D eigenvalue weighted by atomic mass is 9.79. The molecule has 0 radical (unpaired) electrons. The molecule has 2 aromatic rings. The normalized spacial score (nSPS) is 20.3. The van der Waals surface area contributed by atoms with Gasteiger partial charge in [-0.3, -0.25) is 0 Å². The number of hydrogen-bond acceptors (Lipinski definition) is 4. The van der Waals surface area contributed by atoms with Crippen LogP contribution in [0.15, 0.2) is 24.5 Å². The zero-order chi connectivity index (χ0) is 15.3. The fourth-order valence-electron chi connectivity index (χ4n) is 2.49. The second-order valence-corrected chi connectivity index (χ2v) is 6.50. The van der Waals surface area contributed by atoms with Gasteiger partial charge in [0.15, 0.2) is 0 Å². The molecule has 5 nitrogen and oxygen atoms in total. The average Bonchev–Trinajstić information content (AvgIpc) is 2.89. The Kier molecular flexibility index (Phi) is 3.35. The largest absolute Gasteiger partial charge is 0.494 e. The molecule has 1 saturated heterocycles. The number of aromatic nitrogens is 2. The van der Waals surface area contributed by atoms with E-state index >= 15 is 0 Å². The molecule has 0 saturated carbocycles. The Bertz CT molecular complexity index is 650. The van der Waals surface area contributed by atoms with Crippen molar-refractivity contribution in [2.75, 3.05) is 6.61 Å². The van der Waals surface area contributed by atoms with E-state index in [0.717, 1.165) is 16.5 Å². The lowest BCUT2D eigenvalue weighted by Gasteiger charge is -2.32. The van der Waals surface area contributed by atoms with E-state index in [1.54, 1.807) is 6.33 Å². The maximum Gasteiger partial charge on any atom is 0.494 e. The van der Waals surface area contributed by atoms with Gasteiger partial charge in [0.25, 0.3) is 0 Å². The van der Waals surface area contributed by atoms with E-state index < -0.39 is 0 Å². The number of benzene rings is 1. The van der Waals surface area contributed by atoms with Gasteiger partial charge in [-0.2, -0.15) is 0 Å². The first-order chi connectivity index (χ1) is 9.84. The third-order valence-electron chi connectivity index (χ3n) is 4.51. The zero-order valence-electron chi connectivity index (χ0n) is 13.0. The molecule has 1 aliphatic heterocycles. The van der Waals surface area contributed by atoms with Gasteiger partial charge in [0, 0.05) is 6.54 Å². The Hall–Kier alpha value is -1.37. The molecule has 112 valence electrons. The SMILES string of the molecule is CC1(C)OB(c2ccc3ncn(CCO)c3c2)OC1(C)C. The Morgan fingerprint density at radius 2 is 1.86 bits per heavy atom. The second kappa shape index (κ2) is 4.83. The van der Waals surface area contributed by atoms with Crippen LogP contribution in [0.4, 0.5) is 0 Å². The second-order valence-electron chi connectivity index (χ2n) is 6.50. The highest BCUT2D eigenvalue weighted by Gasteiger charge is 2.51. The van der Waals surface area contributed by atoms with Gasteiger partial charge in [-0.15, -0.1) is 0 Å². The van der Waals surface area contributed by atoms with E-state index in [-0.39, 0.29) is 24.9 Å². The highest BCUT2D eigenvalue weighted by atomic mass is 16.7. The highest BCUT2D eigenvalue weighted by molar-refractivity contribution is 6.62. The molecule has 0 atom stereocenters. The molecule has 0 aliphatic carbocycles. The first-order valence-corrected chi connectivity index (χ1v) is 7.25. The molecular weight excluding hydrogens is 267 g/mol. The van der Waals surface area contributed by atoms with Crippen molar-refractivity contribution in [1.82, 2.24) is 9.55 Å². The van der Waals surface area contributed by atoms with Crippen LogP contribution in [0.1, 0.15) is 27.7 Å². The van der Waals surface area contributed by atoms with Crippen molar-refractivity contribution < 1.29 is 14.4 Å². The molecule has 0 spiro atoms. The number of aliphatic hydroxyl groups is 1. The molecule has 21 heavy (non-hydrogen) atoms. The summed E-state index contributed by atoms with van der Waals surface area (Å²) in [6.07, 6.45) is 1.74. The van der Waals surface area contributed by atoms with Crippen molar-refractivity contribution in [3.63, 3.8) is 0 Å². The summed E-state index contributed by atoms with van der Waals surface area (Å²) >= 11 is 0. The molecule has 0 amide bonds. The highest BCUT2D eigenvalue weighted by Crippen LogP contribution is 2.36. The molecule has 1 aliphatic rings. The van der Waals surface area contributed by atoms with Gasteiger partial charge in [-0.05, 0) is 45.3 Å². The van der Waals surface area contributed by atoms with Crippen LogP contribution in [0.2, 0.25) is 0 Å². The Morgan fingerprint density at radius 1 is 1.19 bits per heavy atom. The predicted octanol–water partition coefficient (Wildman–Crippen LogP) is 1.33. The van der Waals surface area contributed by atoms with E-state index in [4.69, 9.17) is 14.4 Å². The summed E-state index contributed by atoms with van der Waals surface area (Å²) in [6, 6.07) is 5.98. The number of imidazole rings is 1. The van der Waals surface area contributed by atoms with Gasteiger partial charge in [-0.25, -0.2) is 4.98 Å². The van der Waals surface area contributed by atoms with E-state index in [9.17, 15) is 0 Å². The van der Waals surface area contributed by atoms with E-state index in [0.29, 0.717) is 6.54 Å². The van der Waals surface area contributed by atoms with Crippen LogP contribution in [0.25, 0.3) is 11.0 Å². The van der Waals surface area contributed by atoms with Crippen LogP contribution in [-0.2, 0) is 15.9 Å². The summed E-state index contributed by atoms with van der Waals surface area (Å²) in [4.78, 5) is 4.33. The molecule has 1 aromatic heterocycles. The van der Waals surface area contributed by atoms with Crippen LogP contribution in [-0.4, -0.2) is 39.6 Å². The third kappa shape index (κ3) is 2.37. The fourth-order valence-corrected chi connectivity index (χ4v) is 2.49. The molecular formula is C15H21BN2O3. The van der Waals surface area contributed by atoms with Crippen LogP contribution >= 0.6 is 0 Å². The molecule has 0 unspecified atom stereocenters. The predicted molar refractivity (Wildman–Crippen MR) is 82.5 cm³/mol. The average molecular weight is 288 g/mol. The monoisotopic (exact) mass is 288 g/mol. The number of fused-ring (bicyclic) bond motifs is 1. The van der Waals surface area contributed by atoms with Crippen molar-refractivity contribution in [3.8, 4) is 0 Å². The first kappa shape index (κ1) is 14.6. The topological polar surface area (TPSA) is 56.5 Å². The summed E-state index contributed by atoms with van der Waals surface area (Å²) in [5, 5.41) is 9.12. The van der Waals surface area contributed by atoms with Crippen molar-refractivity contribution >= 4 is 23.6 Å². The molecule has 1 aromatic carbocycles. The summed E-state index contributed by atoms with van der Waals surface area (Å²) in [5.41, 5.74) is 2.16. The fraction of sp³-hybridized carbons (Fsp3) is 0.533. The summed E-state index contributed by atoms with van der Waals surface area (Å²) in [7, 11) is -0.378. The lowest BCUT2D eigenvalue weighted by Crippen LogP contribution is -2.41. The van der Waals surface area contributed by atoms with Crippen LogP contribution < -0.4 is 5.46 Å². The van der Waals surface area contributed by atoms with E-state index in [1.165, 1.54) is 0 Å². The minimum atomic E-state index is -0.378. The molecule has 6 heteroatoms. The summed E-state index contributed by atoms with van der Waals surface area (Å²) in [6.45, 7) is 8.79. The Labute approximate surface area is 125 Å². The maximum atomic E-state index is 9.12. The molecule has 1 N–H and O–H groups in total. The maximum absolute atomic E-state index is 9.12. The minimum Gasteiger partial charge on any atom is -0.399 e. The van der Waals surface area contributed by atoms with Crippen LogP contribution in [0.5, 0.6) is 0 Å². The van der Waals surface area contributed by atoms with Crippen molar-refractivity contribution in [3.05, 3.63) is 24.5 Å². The van der Waals surface area contributed by atoms with Crippen LogP contribution in [0.3, 0.4) is 0 Å². The van der Waals surface area contributed by atoms with E-state index in [1.807, 2.05) is 50.5 Å². The van der Waals surface area contributed by atoms with Crippen LogP contribution in [0, 0.1) is 0 Å². The summed E-state index contributed by atoms with van der Waals surface area (Å²) in [5.74, 6) is 0. The number of nitrogens with zero attached hydrogens (tertiary/aromatic N) is 2. The smallest absolute Gasteiger partial charge is 0.399 e. The van der Waals surface area contributed by atoms with Crippen molar-refractivity contribution in [2.24, 2.45) is 0 Å². The van der Waals surface area contributed by atoms with Gasteiger partial charge < -0.3 is 19.0 Å². The molecule has 0 bridgehead atoms. The molecule has 3 rings (SSSR count). The zero-order valence-corrected chi connectivity index (χ0v) is 13.0. The minimum absolute atomic E-state index is 0.0895. The lowest BCUT2D eigenvalue weighted by molar-refractivity contribution is 0.00578. The Morgan fingerprint density at radius 3 is 2.48 bits per heavy atom. The number of hydrogen-bond donors (Lipinski definition) is 1.